The summed E-state index contributed by atoms with van der Waals surface area (Å²) in [5.41, 5.74) is -2.49. The van der Waals surface area contributed by atoms with Crippen LogP contribution in [-0.2, 0) is 14.3 Å². The number of hydrogen-bond acceptors (Lipinski definition) is 8. The lowest BCUT2D eigenvalue weighted by atomic mass is 9.71. The maximum atomic E-state index is 12.8. The van der Waals surface area contributed by atoms with Crippen LogP contribution in [0.4, 0.5) is 0 Å². The second-order valence-electron chi connectivity index (χ2n) is 6.97. The second kappa shape index (κ2) is 10.3. The van der Waals surface area contributed by atoms with Crippen LogP contribution < -0.4 is 0 Å². The predicted octanol–water partition coefficient (Wildman–Crippen LogP) is -0.184. The minimum atomic E-state index is -2.49. The molecule has 0 heterocycles. The van der Waals surface area contributed by atoms with Gasteiger partial charge in [0.1, 0.15) is 30.5 Å². The van der Waals surface area contributed by atoms with Gasteiger partial charge in [-0.2, -0.15) is 0 Å². The van der Waals surface area contributed by atoms with Crippen LogP contribution >= 0.6 is 0 Å². The molecule has 5 N–H and O–H groups in total. The maximum Gasteiger partial charge on any atom is 0.306 e. The Morgan fingerprint density at radius 1 is 0.769 bits per heavy atom. The molecule has 4 unspecified atom stereocenters. The van der Waals surface area contributed by atoms with Crippen molar-refractivity contribution in [1.82, 2.24) is 0 Å². The third-order valence-electron chi connectivity index (χ3n) is 4.94. The Bertz CT molecular complexity index is 450. The van der Waals surface area contributed by atoms with Crippen LogP contribution in [0.25, 0.3) is 0 Å². The van der Waals surface area contributed by atoms with Gasteiger partial charge < -0.3 is 30.3 Å². The average molecular weight is 376 g/mol. The first-order valence-corrected chi connectivity index (χ1v) is 9.39. The monoisotopic (exact) mass is 376 g/mol. The first-order chi connectivity index (χ1) is 12.2. The van der Waals surface area contributed by atoms with Crippen molar-refractivity contribution in [3.63, 3.8) is 0 Å². The minimum absolute atomic E-state index is 0.0218. The zero-order valence-electron chi connectivity index (χ0n) is 15.5. The number of unbranched alkanes of at least 4 members (excludes halogenated alkanes) is 4. The molecule has 1 fully saturated rings. The predicted molar refractivity (Wildman–Crippen MR) is 92.1 cm³/mol. The summed E-state index contributed by atoms with van der Waals surface area (Å²) in [5.74, 6) is -1.59. The van der Waals surface area contributed by atoms with E-state index in [1.54, 1.807) is 0 Å². The molecule has 8 nitrogen and oxygen atoms in total. The summed E-state index contributed by atoms with van der Waals surface area (Å²) in [6.45, 7) is 3.88. The number of ether oxygens (including phenoxy) is 1. The fourth-order valence-electron chi connectivity index (χ4n) is 3.26. The van der Waals surface area contributed by atoms with E-state index in [1.807, 2.05) is 13.8 Å². The second-order valence-corrected chi connectivity index (χ2v) is 6.97. The van der Waals surface area contributed by atoms with Crippen LogP contribution in [0, 0.1) is 0 Å². The number of ketones is 1. The third kappa shape index (κ3) is 4.80. The van der Waals surface area contributed by atoms with Crippen molar-refractivity contribution in [2.75, 3.05) is 0 Å². The molecular weight excluding hydrogens is 344 g/mol. The van der Waals surface area contributed by atoms with Crippen molar-refractivity contribution in [3.05, 3.63) is 0 Å². The van der Waals surface area contributed by atoms with Crippen LogP contribution in [0.15, 0.2) is 0 Å². The number of hydrogen-bond donors (Lipinski definition) is 5. The van der Waals surface area contributed by atoms with E-state index in [2.05, 4.69) is 0 Å². The summed E-state index contributed by atoms with van der Waals surface area (Å²) in [7, 11) is 0. The highest BCUT2D eigenvalue weighted by Gasteiger charge is 2.64. The van der Waals surface area contributed by atoms with Gasteiger partial charge in [0, 0.05) is 12.8 Å². The lowest BCUT2D eigenvalue weighted by Gasteiger charge is -2.48. The van der Waals surface area contributed by atoms with Gasteiger partial charge in [-0.25, -0.2) is 0 Å². The van der Waals surface area contributed by atoms with Crippen molar-refractivity contribution >= 4 is 11.8 Å². The largest absolute Gasteiger partial charge is 0.445 e. The van der Waals surface area contributed by atoms with Crippen LogP contribution in [0.5, 0.6) is 0 Å². The fourth-order valence-corrected chi connectivity index (χ4v) is 3.26. The molecule has 0 aromatic rings. The lowest BCUT2D eigenvalue weighted by molar-refractivity contribution is -0.267. The number of rotatable bonds is 10. The summed E-state index contributed by atoms with van der Waals surface area (Å²) in [5, 5.41) is 50.6. The van der Waals surface area contributed by atoms with Gasteiger partial charge in [0.2, 0.25) is 5.60 Å². The zero-order chi connectivity index (χ0) is 19.9. The standard InChI is InChI=1S/C18H32O8/c1-3-5-7-9-11(19)18(26-12(20)10-8-6-4-2)16(24)14(22)13(21)15(23)17(18)25/h13-17,21-25H,3-10H2,1-2H3. The quantitative estimate of drug-likeness (QED) is 0.261. The molecule has 0 radical (unpaired) electrons. The number of esters is 1. The molecule has 1 aliphatic rings. The molecule has 152 valence electrons. The Morgan fingerprint density at radius 2 is 1.23 bits per heavy atom. The Hall–Kier alpha value is -1.06. The highest BCUT2D eigenvalue weighted by Crippen LogP contribution is 2.36. The summed E-state index contributed by atoms with van der Waals surface area (Å²) in [6, 6.07) is 0. The van der Waals surface area contributed by atoms with Crippen LogP contribution in [-0.4, -0.2) is 73.4 Å². The van der Waals surface area contributed by atoms with Crippen molar-refractivity contribution in [1.29, 1.82) is 0 Å². The van der Waals surface area contributed by atoms with Crippen molar-refractivity contribution in [2.24, 2.45) is 0 Å². The molecule has 1 aliphatic carbocycles. The Kier molecular flexibility index (Phi) is 9.12. The molecule has 0 spiro atoms. The molecule has 1 rings (SSSR count). The molecule has 0 aromatic heterocycles. The molecule has 0 aromatic carbocycles. The van der Waals surface area contributed by atoms with Gasteiger partial charge in [-0.15, -0.1) is 0 Å². The maximum absolute atomic E-state index is 12.8. The summed E-state index contributed by atoms with van der Waals surface area (Å²) < 4.78 is 5.21. The average Bonchev–Trinajstić information content (AvgIpc) is 2.62. The van der Waals surface area contributed by atoms with E-state index in [0.717, 1.165) is 19.3 Å². The highest BCUT2D eigenvalue weighted by molar-refractivity contribution is 5.91. The summed E-state index contributed by atoms with van der Waals surface area (Å²) in [4.78, 5) is 25.0. The van der Waals surface area contributed by atoms with Crippen molar-refractivity contribution < 1.29 is 39.9 Å². The Balaban J connectivity index is 3.11. The first-order valence-electron chi connectivity index (χ1n) is 9.39. The van der Waals surface area contributed by atoms with E-state index >= 15 is 0 Å². The fraction of sp³-hybridized carbons (Fsp3) is 0.889. The zero-order valence-corrected chi connectivity index (χ0v) is 15.5. The topological polar surface area (TPSA) is 145 Å². The molecule has 8 heteroatoms. The number of aliphatic hydroxyl groups excluding tert-OH is 5. The third-order valence-corrected chi connectivity index (χ3v) is 4.94. The smallest absolute Gasteiger partial charge is 0.306 e. The van der Waals surface area contributed by atoms with Gasteiger partial charge in [-0.05, 0) is 12.8 Å². The SMILES string of the molecule is CCCCCC(=O)OC1(C(=O)CCCCC)C(O)C(O)C(O)C(O)C1O. The summed E-state index contributed by atoms with van der Waals surface area (Å²) in [6.07, 6.45) is -5.82. The number of carbonyl (C=O) groups excluding carboxylic acids is 2. The molecule has 4 atom stereocenters. The van der Waals surface area contributed by atoms with Gasteiger partial charge in [0.15, 0.2) is 5.78 Å². The Morgan fingerprint density at radius 3 is 1.69 bits per heavy atom. The van der Waals surface area contributed by atoms with Crippen LogP contribution in [0.3, 0.4) is 0 Å². The van der Waals surface area contributed by atoms with Gasteiger partial charge >= 0.3 is 5.97 Å². The van der Waals surface area contributed by atoms with Crippen molar-refractivity contribution in [2.45, 2.75) is 101 Å². The number of aliphatic hydroxyl groups is 5. The van der Waals surface area contributed by atoms with Crippen molar-refractivity contribution in [3.8, 4) is 0 Å². The van der Waals surface area contributed by atoms with Gasteiger partial charge in [0.05, 0.1) is 0 Å². The van der Waals surface area contributed by atoms with Gasteiger partial charge in [-0.3, -0.25) is 9.59 Å². The molecule has 0 bridgehead atoms. The normalized spacial score (nSPS) is 34.5. The molecule has 1 saturated carbocycles. The molecule has 26 heavy (non-hydrogen) atoms. The summed E-state index contributed by atoms with van der Waals surface area (Å²) >= 11 is 0. The van der Waals surface area contributed by atoms with Crippen LogP contribution in [0.1, 0.15) is 65.2 Å². The van der Waals surface area contributed by atoms with E-state index in [-0.39, 0.29) is 12.8 Å². The van der Waals surface area contributed by atoms with Gasteiger partial charge in [0.25, 0.3) is 0 Å². The van der Waals surface area contributed by atoms with Crippen LogP contribution in [0.2, 0.25) is 0 Å². The number of carbonyl (C=O) groups is 2. The van der Waals surface area contributed by atoms with E-state index in [4.69, 9.17) is 4.74 Å². The Labute approximate surface area is 153 Å². The van der Waals surface area contributed by atoms with E-state index < -0.39 is 47.9 Å². The van der Waals surface area contributed by atoms with Gasteiger partial charge in [-0.1, -0.05) is 39.5 Å². The lowest BCUT2D eigenvalue weighted by Crippen LogP contribution is -2.74. The molecular formula is C18H32O8. The highest BCUT2D eigenvalue weighted by atomic mass is 16.6. The first kappa shape index (κ1) is 23.0. The molecule has 0 aliphatic heterocycles. The van der Waals surface area contributed by atoms with E-state index in [9.17, 15) is 35.1 Å². The number of Topliss-reactive ketones (excluding diaryl/α,β-unsaturated/α-hetero) is 1. The van der Waals surface area contributed by atoms with E-state index in [0.29, 0.717) is 19.3 Å². The molecule has 0 saturated heterocycles. The van der Waals surface area contributed by atoms with E-state index in [1.165, 1.54) is 0 Å². The molecule has 0 amide bonds. The minimum Gasteiger partial charge on any atom is -0.445 e.